The second kappa shape index (κ2) is 5.20. The monoisotopic (exact) mass is 250 g/mol. The van der Waals surface area contributed by atoms with E-state index in [0.29, 0.717) is 17.6 Å². The molecule has 1 aliphatic rings. The third-order valence-electron chi connectivity index (χ3n) is 3.49. The zero-order chi connectivity index (χ0) is 13.1. The summed E-state index contributed by atoms with van der Waals surface area (Å²) in [4.78, 5) is 21.8. The Kier molecular flexibility index (Phi) is 3.64. The fraction of sp³-hybridized carbons (Fsp3) is 0.583. The molecule has 6 heteroatoms. The highest BCUT2D eigenvalue weighted by Gasteiger charge is 2.31. The van der Waals surface area contributed by atoms with Gasteiger partial charge in [-0.3, -0.25) is 5.32 Å². The second-order valence-corrected chi connectivity index (χ2v) is 4.58. The number of ether oxygens (including phenoxy) is 1. The van der Waals surface area contributed by atoms with Crippen LogP contribution < -0.4 is 10.1 Å². The number of aromatic nitrogens is 2. The molecule has 0 spiro atoms. The van der Waals surface area contributed by atoms with Gasteiger partial charge in [0.1, 0.15) is 12.1 Å². The SMILES string of the molecule is COc1cc(NC(=O)N2CC[C@H](C)[C@H]2C)ncn1. The maximum atomic E-state index is 12.1. The number of carbonyl (C=O) groups excluding carboxylic acids is 1. The summed E-state index contributed by atoms with van der Waals surface area (Å²) in [6.45, 7) is 5.01. The van der Waals surface area contributed by atoms with Crippen LogP contribution in [0.4, 0.5) is 10.6 Å². The predicted octanol–water partition coefficient (Wildman–Crippen LogP) is 1.75. The Hall–Kier alpha value is -1.85. The number of urea groups is 1. The van der Waals surface area contributed by atoms with Gasteiger partial charge in [-0.2, -0.15) is 0 Å². The number of amides is 2. The van der Waals surface area contributed by atoms with Crippen LogP contribution in [-0.4, -0.2) is 40.6 Å². The zero-order valence-electron chi connectivity index (χ0n) is 10.9. The van der Waals surface area contributed by atoms with Gasteiger partial charge in [0.2, 0.25) is 5.88 Å². The Labute approximate surface area is 106 Å². The standard InChI is InChI=1S/C12H18N4O2/c1-8-4-5-16(9(8)2)12(17)15-10-6-11(18-3)14-7-13-10/h6-9H,4-5H2,1-3H3,(H,13,14,15,17)/t8-,9+/m0/s1. The first-order valence-corrected chi connectivity index (χ1v) is 6.05. The van der Waals surface area contributed by atoms with Crippen molar-refractivity contribution in [3.05, 3.63) is 12.4 Å². The third-order valence-corrected chi connectivity index (χ3v) is 3.49. The number of hydrogen-bond acceptors (Lipinski definition) is 4. The lowest BCUT2D eigenvalue weighted by Crippen LogP contribution is -2.38. The molecule has 0 aromatic carbocycles. The Morgan fingerprint density at radius 3 is 2.89 bits per heavy atom. The van der Waals surface area contributed by atoms with E-state index in [1.165, 1.54) is 13.4 Å². The Balaban J connectivity index is 2.02. The van der Waals surface area contributed by atoms with Crippen LogP contribution in [-0.2, 0) is 0 Å². The van der Waals surface area contributed by atoms with E-state index >= 15 is 0 Å². The largest absolute Gasteiger partial charge is 0.481 e. The minimum atomic E-state index is -0.118. The molecule has 2 amide bonds. The molecule has 0 saturated carbocycles. The smallest absolute Gasteiger partial charge is 0.323 e. The minimum absolute atomic E-state index is 0.118. The molecule has 18 heavy (non-hydrogen) atoms. The van der Waals surface area contributed by atoms with Gasteiger partial charge in [0.15, 0.2) is 0 Å². The zero-order valence-corrected chi connectivity index (χ0v) is 10.9. The number of methoxy groups -OCH3 is 1. The molecule has 1 fully saturated rings. The summed E-state index contributed by atoms with van der Waals surface area (Å²) in [5, 5.41) is 2.77. The Morgan fingerprint density at radius 1 is 1.50 bits per heavy atom. The molecular formula is C12H18N4O2. The number of rotatable bonds is 2. The fourth-order valence-electron chi connectivity index (χ4n) is 2.08. The van der Waals surface area contributed by atoms with Crippen molar-refractivity contribution in [3.8, 4) is 5.88 Å². The summed E-state index contributed by atoms with van der Waals surface area (Å²) in [5.41, 5.74) is 0. The highest BCUT2D eigenvalue weighted by Crippen LogP contribution is 2.24. The quantitative estimate of drug-likeness (QED) is 0.868. The second-order valence-electron chi connectivity index (χ2n) is 4.58. The van der Waals surface area contributed by atoms with Crippen LogP contribution in [0.3, 0.4) is 0 Å². The maximum absolute atomic E-state index is 12.1. The summed E-state index contributed by atoms with van der Waals surface area (Å²) in [6, 6.07) is 1.74. The number of carbonyl (C=O) groups is 1. The molecule has 1 N–H and O–H groups in total. The summed E-state index contributed by atoms with van der Waals surface area (Å²) in [5.74, 6) is 1.43. The van der Waals surface area contributed by atoms with Crippen LogP contribution in [0.15, 0.2) is 12.4 Å². The average Bonchev–Trinajstić information content (AvgIpc) is 2.70. The lowest BCUT2D eigenvalue weighted by Gasteiger charge is -2.23. The van der Waals surface area contributed by atoms with Crippen molar-refractivity contribution in [3.63, 3.8) is 0 Å². The van der Waals surface area contributed by atoms with Crippen LogP contribution in [0.25, 0.3) is 0 Å². The van der Waals surface area contributed by atoms with E-state index in [0.717, 1.165) is 13.0 Å². The van der Waals surface area contributed by atoms with Gasteiger partial charge < -0.3 is 9.64 Å². The highest BCUT2D eigenvalue weighted by molar-refractivity contribution is 5.88. The van der Waals surface area contributed by atoms with Crippen molar-refractivity contribution in [2.24, 2.45) is 5.92 Å². The van der Waals surface area contributed by atoms with Gasteiger partial charge in [0.25, 0.3) is 0 Å². The Morgan fingerprint density at radius 2 is 2.28 bits per heavy atom. The van der Waals surface area contributed by atoms with Crippen molar-refractivity contribution in [2.75, 3.05) is 19.0 Å². The van der Waals surface area contributed by atoms with Crippen LogP contribution in [0.1, 0.15) is 20.3 Å². The van der Waals surface area contributed by atoms with E-state index in [9.17, 15) is 4.79 Å². The number of likely N-dealkylation sites (tertiary alicyclic amines) is 1. The lowest BCUT2D eigenvalue weighted by molar-refractivity contribution is 0.205. The van der Waals surface area contributed by atoms with E-state index in [-0.39, 0.29) is 12.1 Å². The van der Waals surface area contributed by atoms with Crippen molar-refractivity contribution < 1.29 is 9.53 Å². The van der Waals surface area contributed by atoms with E-state index in [1.54, 1.807) is 6.07 Å². The van der Waals surface area contributed by atoms with Crippen LogP contribution >= 0.6 is 0 Å². The van der Waals surface area contributed by atoms with Gasteiger partial charge in [-0.15, -0.1) is 0 Å². The summed E-state index contributed by atoms with van der Waals surface area (Å²) in [7, 11) is 1.53. The molecule has 1 aliphatic heterocycles. The average molecular weight is 250 g/mol. The molecule has 98 valence electrons. The van der Waals surface area contributed by atoms with Gasteiger partial charge in [0.05, 0.1) is 7.11 Å². The first-order chi connectivity index (χ1) is 8.61. The van der Waals surface area contributed by atoms with Crippen LogP contribution in [0.5, 0.6) is 5.88 Å². The third kappa shape index (κ3) is 2.52. The van der Waals surface area contributed by atoms with E-state index in [2.05, 4.69) is 29.1 Å². The first kappa shape index (κ1) is 12.6. The molecule has 2 rings (SSSR count). The van der Waals surface area contributed by atoms with E-state index in [1.807, 2.05) is 4.90 Å². The van der Waals surface area contributed by atoms with Gasteiger partial charge >= 0.3 is 6.03 Å². The molecule has 0 unspecified atom stereocenters. The lowest BCUT2D eigenvalue weighted by atomic mass is 10.1. The van der Waals surface area contributed by atoms with Gasteiger partial charge in [0, 0.05) is 18.7 Å². The summed E-state index contributed by atoms with van der Waals surface area (Å²) >= 11 is 0. The van der Waals surface area contributed by atoms with Gasteiger partial charge in [-0.05, 0) is 19.3 Å². The minimum Gasteiger partial charge on any atom is -0.481 e. The number of anilines is 1. The normalized spacial score (nSPS) is 22.9. The van der Waals surface area contributed by atoms with E-state index < -0.39 is 0 Å². The highest BCUT2D eigenvalue weighted by atomic mass is 16.5. The summed E-state index contributed by atoms with van der Waals surface area (Å²) in [6.07, 6.45) is 2.41. The fourth-order valence-corrected chi connectivity index (χ4v) is 2.08. The molecule has 1 aromatic rings. The van der Waals surface area contributed by atoms with Gasteiger partial charge in [-0.1, -0.05) is 6.92 Å². The molecule has 0 radical (unpaired) electrons. The Bertz CT molecular complexity index is 438. The molecule has 6 nitrogen and oxygen atoms in total. The van der Waals surface area contributed by atoms with Crippen molar-refractivity contribution in [1.82, 2.24) is 14.9 Å². The number of hydrogen-bond donors (Lipinski definition) is 1. The van der Waals surface area contributed by atoms with Crippen LogP contribution in [0.2, 0.25) is 0 Å². The predicted molar refractivity (Wildman–Crippen MR) is 67.6 cm³/mol. The van der Waals surface area contributed by atoms with Crippen LogP contribution in [0, 0.1) is 5.92 Å². The summed E-state index contributed by atoms with van der Waals surface area (Å²) < 4.78 is 4.98. The molecule has 2 atom stereocenters. The van der Waals surface area contributed by atoms with Crippen molar-refractivity contribution in [1.29, 1.82) is 0 Å². The molecule has 0 bridgehead atoms. The van der Waals surface area contributed by atoms with E-state index in [4.69, 9.17) is 4.74 Å². The number of nitrogens with one attached hydrogen (secondary N) is 1. The topological polar surface area (TPSA) is 67.3 Å². The molecule has 1 aromatic heterocycles. The van der Waals surface area contributed by atoms with Gasteiger partial charge in [-0.25, -0.2) is 14.8 Å². The van der Waals surface area contributed by atoms with Crippen molar-refractivity contribution >= 4 is 11.8 Å². The molecule has 0 aliphatic carbocycles. The number of nitrogens with zero attached hydrogens (tertiary/aromatic N) is 3. The molecule has 1 saturated heterocycles. The first-order valence-electron chi connectivity index (χ1n) is 6.05. The maximum Gasteiger partial charge on any atom is 0.323 e. The molecular weight excluding hydrogens is 232 g/mol. The molecule has 2 heterocycles. The van der Waals surface area contributed by atoms with Crippen molar-refractivity contribution in [2.45, 2.75) is 26.3 Å².